The minimum atomic E-state index is 0.0707. The second-order valence-electron chi connectivity index (χ2n) is 3.68. The lowest BCUT2D eigenvalue weighted by Crippen LogP contribution is -2.31. The van der Waals surface area contributed by atoms with Gasteiger partial charge in [0.1, 0.15) is 5.82 Å². The summed E-state index contributed by atoms with van der Waals surface area (Å²) < 4.78 is 5.91. The summed E-state index contributed by atoms with van der Waals surface area (Å²) in [7, 11) is 1.65. The van der Waals surface area contributed by atoms with Gasteiger partial charge in [-0.1, -0.05) is 0 Å². The van der Waals surface area contributed by atoms with E-state index in [2.05, 4.69) is 20.9 Å². The zero-order valence-electron chi connectivity index (χ0n) is 10.1. The summed E-state index contributed by atoms with van der Waals surface area (Å²) in [5.41, 5.74) is 7.38. The van der Waals surface area contributed by atoms with Crippen LogP contribution in [0.3, 0.4) is 0 Å². The van der Waals surface area contributed by atoms with Gasteiger partial charge in [0.05, 0.1) is 29.6 Å². The Hall–Kier alpha value is -0.850. The van der Waals surface area contributed by atoms with Crippen molar-refractivity contribution >= 4 is 27.4 Å². The highest BCUT2D eigenvalue weighted by atomic mass is 79.9. The number of nitrogens with two attached hydrogens (primary N) is 1. The van der Waals surface area contributed by atoms with Crippen molar-refractivity contribution in [2.24, 2.45) is 0 Å². The smallest absolute Gasteiger partial charge is 0.143 e. The molecule has 5 nitrogen and oxygen atoms in total. The van der Waals surface area contributed by atoms with Gasteiger partial charge in [-0.3, -0.25) is 0 Å². The monoisotopic (exact) mass is 303 g/mol. The minimum Gasteiger partial charge on any atom is -0.397 e. The minimum absolute atomic E-state index is 0.0707. The van der Waals surface area contributed by atoms with Gasteiger partial charge in [0.2, 0.25) is 0 Å². The number of nitrogen functional groups attached to an aromatic ring is 1. The SMILES string of the molecule is COCCN(CCO)c1ncc(N)c(C)c1Br. The van der Waals surface area contributed by atoms with Crippen LogP contribution in [-0.2, 0) is 4.74 Å². The molecular formula is C11H18BrN3O2. The maximum Gasteiger partial charge on any atom is 0.143 e. The number of rotatable bonds is 6. The van der Waals surface area contributed by atoms with Crippen LogP contribution in [0.2, 0.25) is 0 Å². The number of hydrogen-bond acceptors (Lipinski definition) is 5. The van der Waals surface area contributed by atoms with E-state index < -0.39 is 0 Å². The largest absolute Gasteiger partial charge is 0.397 e. The van der Waals surface area contributed by atoms with Gasteiger partial charge in [-0.05, 0) is 28.4 Å². The zero-order chi connectivity index (χ0) is 12.8. The maximum absolute atomic E-state index is 9.06. The number of aromatic nitrogens is 1. The lowest BCUT2D eigenvalue weighted by molar-refractivity contribution is 0.202. The molecule has 0 fully saturated rings. The first-order valence-electron chi connectivity index (χ1n) is 5.37. The van der Waals surface area contributed by atoms with Gasteiger partial charge in [-0.2, -0.15) is 0 Å². The molecule has 0 spiro atoms. The van der Waals surface area contributed by atoms with Gasteiger partial charge in [0, 0.05) is 20.2 Å². The molecule has 0 saturated heterocycles. The van der Waals surface area contributed by atoms with E-state index in [1.54, 1.807) is 13.3 Å². The Labute approximate surface area is 110 Å². The second kappa shape index (κ2) is 6.78. The molecule has 0 saturated carbocycles. The number of nitrogens with zero attached hydrogens (tertiary/aromatic N) is 2. The number of aliphatic hydroxyl groups excluding tert-OH is 1. The molecule has 0 aliphatic rings. The van der Waals surface area contributed by atoms with Gasteiger partial charge in [0.25, 0.3) is 0 Å². The Morgan fingerprint density at radius 2 is 2.24 bits per heavy atom. The molecule has 1 heterocycles. The fraction of sp³-hybridized carbons (Fsp3) is 0.545. The van der Waals surface area contributed by atoms with Gasteiger partial charge >= 0.3 is 0 Å². The lowest BCUT2D eigenvalue weighted by Gasteiger charge is -2.24. The normalized spacial score (nSPS) is 10.6. The molecule has 3 N–H and O–H groups in total. The molecule has 0 radical (unpaired) electrons. The van der Waals surface area contributed by atoms with Crippen LogP contribution in [0.1, 0.15) is 5.56 Å². The maximum atomic E-state index is 9.06. The average Bonchev–Trinajstić information content (AvgIpc) is 2.32. The van der Waals surface area contributed by atoms with E-state index in [4.69, 9.17) is 15.6 Å². The van der Waals surface area contributed by atoms with Crippen molar-refractivity contribution < 1.29 is 9.84 Å². The van der Waals surface area contributed by atoms with Crippen molar-refractivity contribution in [1.82, 2.24) is 4.98 Å². The molecule has 6 heteroatoms. The van der Waals surface area contributed by atoms with Crippen LogP contribution < -0.4 is 10.6 Å². The van der Waals surface area contributed by atoms with Crippen molar-refractivity contribution in [3.8, 4) is 0 Å². The number of methoxy groups -OCH3 is 1. The van der Waals surface area contributed by atoms with Crippen molar-refractivity contribution in [3.63, 3.8) is 0 Å². The summed E-state index contributed by atoms with van der Waals surface area (Å²) in [5, 5.41) is 9.06. The summed E-state index contributed by atoms with van der Waals surface area (Å²) in [6.45, 7) is 3.77. The van der Waals surface area contributed by atoms with Gasteiger partial charge in [-0.25, -0.2) is 4.98 Å². The van der Waals surface area contributed by atoms with Crippen LogP contribution in [0.4, 0.5) is 11.5 Å². The Balaban J connectivity index is 2.97. The van der Waals surface area contributed by atoms with Crippen LogP contribution >= 0.6 is 15.9 Å². The molecule has 0 amide bonds. The first-order chi connectivity index (χ1) is 8.11. The first kappa shape index (κ1) is 14.2. The van der Waals surface area contributed by atoms with Gasteiger partial charge in [-0.15, -0.1) is 0 Å². The fourth-order valence-electron chi connectivity index (χ4n) is 1.44. The summed E-state index contributed by atoms with van der Waals surface area (Å²) >= 11 is 3.49. The number of hydrogen-bond donors (Lipinski definition) is 2. The quantitative estimate of drug-likeness (QED) is 0.826. The zero-order valence-corrected chi connectivity index (χ0v) is 11.7. The summed E-state index contributed by atoms with van der Waals surface area (Å²) in [5.74, 6) is 0.780. The Kier molecular flexibility index (Phi) is 5.67. The number of pyridine rings is 1. The van der Waals surface area contributed by atoms with E-state index in [1.165, 1.54) is 0 Å². The highest BCUT2D eigenvalue weighted by Crippen LogP contribution is 2.30. The predicted octanol–water partition coefficient (Wildman–Crippen LogP) is 1.18. The molecule has 0 aliphatic carbocycles. The van der Waals surface area contributed by atoms with Crippen LogP contribution in [0.25, 0.3) is 0 Å². The van der Waals surface area contributed by atoms with E-state index >= 15 is 0 Å². The molecule has 0 unspecified atom stereocenters. The third-order valence-electron chi connectivity index (χ3n) is 2.52. The third kappa shape index (κ3) is 3.55. The summed E-state index contributed by atoms with van der Waals surface area (Å²) in [6.07, 6.45) is 1.63. The molecule has 96 valence electrons. The number of ether oxygens (including phenoxy) is 1. The van der Waals surface area contributed by atoms with E-state index in [0.29, 0.717) is 25.4 Å². The Morgan fingerprint density at radius 1 is 1.53 bits per heavy atom. The molecule has 1 rings (SSSR count). The van der Waals surface area contributed by atoms with Crippen LogP contribution in [0.15, 0.2) is 10.7 Å². The Bertz CT molecular complexity index is 374. The summed E-state index contributed by atoms with van der Waals surface area (Å²) in [6, 6.07) is 0. The number of aliphatic hydroxyl groups is 1. The van der Waals surface area contributed by atoms with Crippen molar-refractivity contribution in [3.05, 3.63) is 16.2 Å². The lowest BCUT2D eigenvalue weighted by atomic mass is 10.2. The molecule has 17 heavy (non-hydrogen) atoms. The molecular weight excluding hydrogens is 286 g/mol. The standard InChI is InChI=1S/C11H18BrN3O2/c1-8-9(13)7-14-11(10(8)12)15(3-5-16)4-6-17-2/h7,16H,3-6,13H2,1-2H3. The van der Waals surface area contributed by atoms with Crippen molar-refractivity contribution in [2.75, 3.05) is 44.0 Å². The molecule has 0 aromatic carbocycles. The van der Waals surface area contributed by atoms with Crippen LogP contribution in [-0.4, -0.2) is 43.5 Å². The summed E-state index contributed by atoms with van der Waals surface area (Å²) in [4.78, 5) is 6.26. The Morgan fingerprint density at radius 3 is 2.82 bits per heavy atom. The molecule has 0 bridgehead atoms. The molecule has 1 aromatic rings. The number of anilines is 2. The van der Waals surface area contributed by atoms with E-state index in [0.717, 1.165) is 15.9 Å². The third-order valence-corrected chi connectivity index (χ3v) is 3.47. The fourth-order valence-corrected chi connectivity index (χ4v) is 2.03. The van der Waals surface area contributed by atoms with E-state index in [-0.39, 0.29) is 6.61 Å². The van der Waals surface area contributed by atoms with Crippen LogP contribution in [0, 0.1) is 6.92 Å². The number of halogens is 1. The highest BCUT2D eigenvalue weighted by Gasteiger charge is 2.14. The molecule has 1 aromatic heterocycles. The predicted molar refractivity (Wildman–Crippen MR) is 72.3 cm³/mol. The van der Waals surface area contributed by atoms with Crippen molar-refractivity contribution in [1.29, 1.82) is 0 Å². The van der Waals surface area contributed by atoms with E-state index in [1.807, 2.05) is 11.8 Å². The average molecular weight is 304 g/mol. The topological polar surface area (TPSA) is 71.6 Å². The van der Waals surface area contributed by atoms with Gasteiger partial charge in [0.15, 0.2) is 0 Å². The first-order valence-corrected chi connectivity index (χ1v) is 6.16. The van der Waals surface area contributed by atoms with Crippen LogP contribution in [0.5, 0.6) is 0 Å². The van der Waals surface area contributed by atoms with Crippen molar-refractivity contribution in [2.45, 2.75) is 6.92 Å². The molecule has 0 atom stereocenters. The van der Waals surface area contributed by atoms with Gasteiger partial charge < -0.3 is 20.5 Å². The molecule has 0 aliphatic heterocycles. The van der Waals surface area contributed by atoms with E-state index in [9.17, 15) is 0 Å². The second-order valence-corrected chi connectivity index (χ2v) is 4.47. The highest BCUT2D eigenvalue weighted by molar-refractivity contribution is 9.10.